The lowest BCUT2D eigenvalue weighted by Crippen LogP contribution is -2.19. The van der Waals surface area contributed by atoms with E-state index in [0.717, 1.165) is 5.56 Å². The summed E-state index contributed by atoms with van der Waals surface area (Å²) in [5.41, 5.74) is 0.723. The number of carbonyl (C=O) groups is 1. The van der Waals surface area contributed by atoms with Crippen LogP contribution >= 0.6 is 11.6 Å². The van der Waals surface area contributed by atoms with Gasteiger partial charge in [0.1, 0.15) is 0 Å². The Kier molecular flexibility index (Phi) is 4.79. The van der Waals surface area contributed by atoms with Gasteiger partial charge in [-0.25, -0.2) is 4.79 Å². The van der Waals surface area contributed by atoms with Crippen LogP contribution in [0.1, 0.15) is 12.5 Å². The summed E-state index contributed by atoms with van der Waals surface area (Å²) in [5.74, 6) is -0.476. The molecule has 0 spiro atoms. The molecule has 0 bridgehead atoms. The van der Waals surface area contributed by atoms with E-state index in [1.54, 1.807) is 19.1 Å². The largest absolute Gasteiger partial charge is 0.466 e. The molecule has 0 saturated heterocycles. The van der Waals surface area contributed by atoms with Crippen molar-refractivity contribution in [3.8, 4) is 0 Å². The molecule has 0 radical (unpaired) electrons. The predicted octanol–water partition coefficient (Wildman–Crippen LogP) is 2.25. The van der Waals surface area contributed by atoms with Crippen LogP contribution in [0.25, 0.3) is 0 Å². The third kappa shape index (κ3) is 3.55. The second-order valence-electron chi connectivity index (χ2n) is 3.03. The van der Waals surface area contributed by atoms with E-state index in [0.29, 0.717) is 5.02 Å². The zero-order chi connectivity index (χ0) is 12.0. The van der Waals surface area contributed by atoms with E-state index in [1.807, 2.05) is 12.1 Å². The number of nitrogens with zero attached hydrogens (tertiary/aromatic N) is 1. The van der Waals surface area contributed by atoms with E-state index in [4.69, 9.17) is 16.4 Å². The van der Waals surface area contributed by atoms with Gasteiger partial charge in [-0.3, -0.25) is 0 Å². The number of benzene rings is 1. The second-order valence-corrected chi connectivity index (χ2v) is 3.43. The van der Waals surface area contributed by atoms with Gasteiger partial charge in [0.2, 0.25) is 6.10 Å². The van der Waals surface area contributed by atoms with Crippen molar-refractivity contribution < 1.29 is 14.4 Å². The summed E-state index contributed by atoms with van der Waals surface area (Å²) >= 11 is 5.89. The number of halogens is 1. The van der Waals surface area contributed by atoms with Gasteiger partial charge in [-0.15, -0.1) is 0 Å². The highest BCUT2D eigenvalue weighted by atomic mass is 35.5. The van der Waals surface area contributed by atoms with Crippen LogP contribution in [-0.2, 0) is 14.4 Å². The lowest BCUT2D eigenvalue weighted by molar-refractivity contribution is -0.152. The number of esters is 1. The highest BCUT2D eigenvalue weighted by Crippen LogP contribution is 2.12. The van der Waals surface area contributed by atoms with E-state index in [1.165, 1.54) is 13.3 Å². The van der Waals surface area contributed by atoms with Crippen LogP contribution in [-0.4, -0.2) is 25.4 Å². The average Bonchev–Trinajstić information content (AvgIpc) is 2.30. The van der Waals surface area contributed by atoms with Crippen molar-refractivity contribution in [1.82, 2.24) is 0 Å². The number of hydrogen-bond donors (Lipinski definition) is 0. The topological polar surface area (TPSA) is 47.9 Å². The maximum atomic E-state index is 11.0. The van der Waals surface area contributed by atoms with Crippen LogP contribution in [0.3, 0.4) is 0 Å². The highest BCUT2D eigenvalue weighted by molar-refractivity contribution is 6.33. The van der Waals surface area contributed by atoms with Gasteiger partial charge in [0.25, 0.3) is 0 Å². The minimum atomic E-state index is -0.733. The molecular formula is C11H12ClNO3. The van der Waals surface area contributed by atoms with Crippen molar-refractivity contribution in [2.24, 2.45) is 5.16 Å². The molecular weight excluding hydrogens is 230 g/mol. The number of rotatable bonds is 4. The Morgan fingerprint density at radius 1 is 1.50 bits per heavy atom. The maximum absolute atomic E-state index is 11.0. The zero-order valence-electron chi connectivity index (χ0n) is 9.01. The van der Waals surface area contributed by atoms with Crippen molar-refractivity contribution in [2.75, 3.05) is 7.11 Å². The molecule has 0 amide bonds. The van der Waals surface area contributed by atoms with Gasteiger partial charge in [-0.2, -0.15) is 0 Å². The molecule has 5 heteroatoms. The van der Waals surface area contributed by atoms with Crippen LogP contribution in [0, 0.1) is 0 Å². The molecule has 0 heterocycles. The Hall–Kier alpha value is -1.55. The first-order valence-electron chi connectivity index (χ1n) is 4.66. The normalized spacial score (nSPS) is 12.4. The van der Waals surface area contributed by atoms with Crippen molar-refractivity contribution in [2.45, 2.75) is 13.0 Å². The minimum absolute atomic E-state index is 0.476. The highest BCUT2D eigenvalue weighted by Gasteiger charge is 2.13. The molecule has 86 valence electrons. The molecule has 0 N–H and O–H groups in total. The van der Waals surface area contributed by atoms with E-state index in [2.05, 4.69) is 9.89 Å². The van der Waals surface area contributed by atoms with Crippen molar-refractivity contribution >= 4 is 23.8 Å². The fourth-order valence-corrected chi connectivity index (χ4v) is 1.15. The summed E-state index contributed by atoms with van der Waals surface area (Å²) in [5, 5.41) is 4.23. The van der Waals surface area contributed by atoms with Gasteiger partial charge in [-0.1, -0.05) is 35.0 Å². The monoisotopic (exact) mass is 241 g/mol. The van der Waals surface area contributed by atoms with Crippen molar-refractivity contribution in [1.29, 1.82) is 0 Å². The SMILES string of the molecule is COC(=O)C(C)ON=Cc1ccccc1Cl. The summed E-state index contributed by atoms with van der Waals surface area (Å²) < 4.78 is 4.47. The Morgan fingerprint density at radius 3 is 2.81 bits per heavy atom. The fourth-order valence-electron chi connectivity index (χ4n) is 0.967. The van der Waals surface area contributed by atoms with Crippen molar-refractivity contribution in [3.05, 3.63) is 34.9 Å². The third-order valence-electron chi connectivity index (χ3n) is 1.85. The zero-order valence-corrected chi connectivity index (χ0v) is 9.77. The Balaban J connectivity index is 2.55. The molecule has 0 aliphatic carbocycles. The minimum Gasteiger partial charge on any atom is -0.466 e. The van der Waals surface area contributed by atoms with E-state index >= 15 is 0 Å². The Labute approximate surface area is 98.8 Å². The van der Waals surface area contributed by atoms with Gasteiger partial charge in [0.15, 0.2) is 0 Å². The number of ether oxygens (including phenoxy) is 1. The van der Waals surface area contributed by atoms with Crippen LogP contribution in [0.5, 0.6) is 0 Å². The Bertz CT molecular complexity index is 393. The number of carbonyl (C=O) groups excluding carboxylic acids is 1. The lowest BCUT2D eigenvalue weighted by atomic mass is 10.2. The van der Waals surface area contributed by atoms with Gasteiger partial charge in [-0.05, 0) is 13.0 Å². The van der Waals surface area contributed by atoms with Crippen LogP contribution < -0.4 is 0 Å². The first-order valence-corrected chi connectivity index (χ1v) is 5.04. The lowest BCUT2D eigenvalue weighted by Gasteiger charge is -2.05. The quantitative estimate of drug-likeness (QED) is 0.462. The fraction of sp³-hybridized carbons (Fsp3) is 0.273. The summed E-state index contributed by atoms with van der Waals surface area (Å²) in [7, 11) is 1.29. The molecule has 1 aromatic rings. The molecule has 1 rings (SSSR count). The molecule has 16 heavy (non-hydrogen) atoms. The van der Waals surface area contributed by atoms with Crippen LogP contribution in [0.15, 0.2) is 29.4 Å². The van der Waals surface area contributed by atoms with Gasteiger partial charge in [0.05, 0.1) is 13.3 Å². The van der Waals surface area contributed by atoms with Gasteiger partial charge in [0, 0.05) is 10.6 Å². The maximum Gasteiger partial charge on any atom is 0.349 e. The van der Waals surface area contributed by atoms with Gasteiger partial charge >= 0.3 is 5.97 Å². The summed E-state index contributed by atoms with van der Waals surface area (Å²) in [6.45, 7) is 1.55. The number of methoxy groups -OCH3 is 1. The molecule has 1 aromatic carbocycles. The molecule has 4 nitrogen and oxygen atoms in total. The van der Waals surface area contributed by atoms with Crippen LogP contribution in [0.4, 0.5) is 0 Å². The number of hydrogen-bond acceptors (Lipinski definition) is 4. The van der Waals surface area contributed by atoms with E-state index < -0.39 is 12.1 Å². The molecule has 0 saturated carbocycles. The summed E-state index contributed by atoms with van der Waals surface area (Å²) in [6, 6.07) is 7.18. The second kappa shape index (κ2) is 6.12. The van der Waals surface area contributed by atoms with E-state index in [-0.39, 0.29) is 0 Å². The standard InChI is InChI=1S/C11H12ClNO3/c1-8(11(14)15-2)16-13-7-9-5-3-4-6-10(9)12/h3-8H,1-2H3. The first-order chi connectivity index (χ1) is 7.65. The van der Waals surface area contributed by atoms with E-state index in [9.17, 15) is 4.79 Å². The third-order valence-corrected chi connectivity index (χ3v) is 2.19. The number of oxime groups is 1. The molecule has 0 fully saturated rings. The summed E-state index contributed by atoms with van der Waals surface area (Å²) in [6.07, 6.45) is 0.714. The molecule has 1 unspecified atom stereocenters. The predicted molar refractivity (Wildman–Crippen MR) is 61.6 cm³/mol. The molecule has 0 aromatic heterocycles. The smallest absolute Gasteiger partial charge is 0.349 e. The average molecular weight is 242 g/mol. The summed E-state index contributed by atoms with van der Waals surface area (Å²) in [4.78, 5) is 15.9. The molecule has 1 atom stereocenters. The van der Waals surface area contributed by atoms with Crippen molar-refractivity contribution in [3.63, 3.8) is 0 Å². The Morgan fingerprint density at radius 2 is 2.19 bits per heavy atom. The first kappa shape index (κ1) is 12.5. The molecule has 0 aliphatic rings. The van der Waals surface area contributed by atoms with Crippen LogP contribution in [0.2, 0.25) is 5.02 Å². The van der Waals surface area contributed by atoms with Gasteiger partial charge < -0.3 is 9.57 Å². The molecule has 0 aliphatic heterocycles.